The van der Waals surface area contributed by atoms with Crippen LogP contribution in [0, 0.1) is 18.3 Å². The third kappa shape index (κ3) is 2.38. The van der Waals surface area contributed by atoms with Crippen LogP contribution in [0.1, 0.15) is 16.7 Å². The maximum absolute atomic E-state index is 13.7. The van der Waals surface area contributed by atoms with Gasteiger partial charge in [-0.25, -0.2) is 4.79 Å². The average molecular weight is 468 g/mol. The van der Waals surface area contributed by atoms with Gasteiger partial charge in [0.1, 0.15) is 28.7 Å². The molecule has 10 heteroatoms. The van der Waals surface area contributed by atoms with E-state index in [4.69, 9.17) is 19.6 Å². The highest BCUT2D eigenvalue weighted by molar-refractivity contribution is 6.16. The SMILES string of the molecule is COc1cc2oc(=O)cc(C)c2c2c3c(c(=O)[nH]c12)C1(C(=O)Nc2ccccc21)C(C#N)=C(N)O3. The molecule has 1 amide bonds. The molecule has 172 valence electrons. The number of H-pyrrole nitrogens is 1. The van der Waals surface area contributed by atoms with E-state index >= 15 is 0 Å². The van der Waals surface area contributed by atoms with E-state index in [1.165, 1.54) is 19.2 Å². The van der Waals surface area contributed by atoms with Crippen molar-refractivity contribution in [3.63, 3.8) is 0 Å². The van der Waals surface area contributed by atoms with Crippen LogP contribution in [-0.4, -0.2) is 18.0 Å². The fourth-order valence-electron chi connectivity index (χ4n) is 5.22. The summed E-state index contributed by atoms with van der Waals surface area (Å²) in [7, 11) is 1.40. The number of hydrogen-bond donors (Lipinski definition) is 3. The summed E-state index contributed by atoms with van der Waals surface area (Å²) in [5, 5.41) is 13.6. The van der Waals surface area contributed by atoms with Crippen LogP contribution in [0.25, 0.3) is 21.9 Å². The number of nitrogens with one attached hydrogen (secondary N) is 2. The van der Waals surface area contributed by atoms with E-state index in [0.29, 0.717) is 27.6 Å². The van der Waals surface area contributed by atoms with Crippen LogP contribution < -0.4 is 31.7 Å². The van der Waals surface area contributed by atoms with E-state index < -0.39 is 22.5 Å². The second-order valence-corrected chi connectivity index (χ2v) is 8.31. The molecule has 1 atom stereocenters. The van der Waals surface area contributed by atoms with E-state index in [1.54, 1.807) is 31.2 Å². The molecule has 4 N–H and O–H groups in total. The highest BCUT2D eigenvalue weighted by atomic mass is 16.5. The monoisotopic (exact) mass is 468 g/mol. The van der Waals surface area contributed by atoms with Crippen molar-refractivity contribution in [1.82, 2.24) is 4.98 Å². The number of fused-ring (bicyclic) bond motifs is 8. The molecule has 4 heterocycles. The van der Waals surface area contributed by atoms with Gasteiger partial charge in [0.15, 0.2) is 5.41 Å². The van der Waals surface area contributed by atoms with E-state index in [0.717, 1.165) is 0 Å². The number of aromatic nitrogens is 1. The highest BCUT2D eigenvalue weighted by Crippen LogP contribution is 2.54. The number of pyridine rings is 1. The number of rotatable bonds is 1. The largest absolute Gasteiger partial charge is 0.494 e. The quantitative estimate of drug-likeness (QED) is 0.283. The zero-order chi connectivity index (χ0) is 24.6. The highest BCUT2D eigenvalue weighted by Gasteiger charge is 2.58. The summed E-state index contributed by atoms with van der Waals surface area (Å²) in [4.78, 5) is 42.2. The van der Waals surface area contributed by atoms with E-state index in [9.17, 15) is 19.6 Å². The Morgan fingerprint density at radius 3 is 2.66 bits per heavy atom. The van der Waals surface area contributed by atoms with Crippen LogP contribution in [0.5, 0.6) is 11.5 Å². The lowest BCUT2D eigenvalue weighted by Gasteiger charge is -2.33. The van der Waals surface area contributed by atoms with Gasteiger partial charge >= 0.3 is 5.63 Å². The fraction of sp³-hybridized carbons (Fsp3) is 0.120. The Morgan fingerprint density at radius 1 is 1.14 bits per heavy atom. The standard InChI is InChI=1S/C25H16N4O6/c1-10-7-16(30)34-14-8-15(33-2)20-18(17(10)14)21-19(23(31)29-20)25(12(9-26)22(27)35-21)11-5-3-4-6-13(11)28-24(25)32/h3-8H,27H2,1-2H3,(H,28,32)(H,29,31). The van der Waals surface area contributed by atoms with Crippen LogP contribution in [0.15, 0.2) is 61.9 Å². The number of para-hydroxylation sites is 1. The molecular formula is C25H16N4O6. The number of nitrogens with zero attached hydrogens (tertiary/aromatic N) is 1. The number of aryl methyl sites for hydroxylation is 1. The Balaban J connectivity index is 1.91. The topological polar surface area (TPSA) is 160 Å². The van der Waals surface area contributed by atoms with Gasteiger partial charge in [-0.2, -0.15) is 5.26 Å². The van der Waals surface area contributed by atoms with Crippen molar-refractivity contribution in [1.29, 1.82) is 5.26 Å². The average Bonchev–Trinajstić information content (AvgIpc) is 3.10. The first-order valence-electron chi connectivity index (χ1n) is 10.5. The third-order valence-electron chi connectivity index (χ3n) is 6.57. The molecule has 2 aliphatic heterocycles. The second-order valence-electron chi connectivity index (χ2n) is 8.31. The van der Waals surface area contributed by atoms with Crippen molar-refractivity contribution in [3.05, 3.63) is 85.3 Å². The van der Waals surface area contributed by atoms with E-state index in [-0.39, 0.29) is 39.6 Å². The maximum atomic E-state index is 13.7. The Labute approximate surface area is 196 Å². The van der Waals surface area contributed by atoms with Gasteiger partial charge in [0.05, 0.1) is 23.6 Å². The number of carbonyl (C=O) groups is 1. The number of ether oxygens (including phenoxy) is 2. The van der Waals surface area contributed by atoms with Gasteiger partial charge in [0, 0.05) is 28.8 Å². The molecule has 35 heavy (non-hydrogen) atoms. The number of aromatic amines is 1. The summed E-state index contributed by atoms with van der Waals surface area (Å²) in [6.07, 6.45) is 0. The summed E-state index contributed by atoms with van der Waals surface area (Å²) in [5.41, 5.74) is 4.70. The number of carbonyl (C=O) groups excluding carboxylic acids is 1. The number of hydrogen-bond acceptors (Lipinski definition) is 8. The molecule has 1 unspecified atom stereocenters. The lowest BCUT2D eigenvalue weighted by Crippen LogP contribution is -2.46. The fourth-order valence-corrected chi connectivity index (χ4v) is 5.22. The molecule has 6 rings (SSSR count). The smallest absolute Gasteiger partial charge is 0.336 e. The number of nitriles is 1. The maximum Gasteiger partial charge on any atom is 0.336 e. The van der Waals surface area contributed by atoms with E-state index in [2.05, 4.69) is 10.3 Å². The molecule has 2 aliphatic rings. The molecule has 4 aromatic rings. The molecule has 10 nitrogen and oxygen atoms in total. The molecule has 0 radical (unpaired) electrons. The summed E-state index contributed by atoms with van der Waals surface area (Å²) < 4.78 is 16.8. The zero-order valence-corrected chi connectivity index (χ0v) is 18.4. The van der Waals surface area contributed by atoms with Crippen LogP contribution in [0.4, 0.5) is 5.69 Å². The van der Waals surface area contributed by atoms with Crippen LogP contribution in [-0.2, 0) is 10.2 Å². The Hall–Kier alpha value is -5.04. The molecule has 0 saturated carbocycles. The predicted molar refractivity (Wildman–Crippen MR) is 125 cm³/mol. The minimum Gasteiger partial charge on any atom is -0.494 e. The molecule has 0 fully saturated rings. The lowest BCUT2D eigenvalue weighted by molar-refractivity contribution is -0.118. The first-order chi connectivity index (χ1) is 16.8. The van der Waals surface area contributed by atoms with Gasteiger partial charge in [-0.05, 0) is 18.6 Å². The molecule has 2 aromatic heterocycles. The lowest BCUT2D eigenvalue weighted by atomic mass is 9.69. The van der Waals surface area contributed by atoms with Gasteiger partial charge in [0.25, 0.3) is 5.56 Å². The Morgan fingerprint density at radius 2 is 1.91 bits per heavy atom. The van der Waals surface area contributed by atoms with Crippen molar-refractivity contribution in [2.24, 2.45) is 5.73 Å². The first-order valence-corrected chi connectivity index (χ1v) is 10.5. The van der Waals surface area contributed by atoms with Crippen molar-refractivity contribution < 1.29 is 18.7 Å². The predicted octanol–water partition coefficient (Wildman–Crippen LogP) is 2.28. The Bertz CT molecular complexity index is 1840. The second kappa shape index (κ2) is 6.74. The number of amides is 1. The van der Waals surface area contributed by atoms with Crippen molar-refractivity contribution in [2.75, 3.05) is 12.4 Å². The number of nitrogens with two attached hydrogens (primary N) is 1. The summed E-state index contributed by atoms with van der Waals surface area (Å²) in [6, 6.07) is 11.5. The van der Waals surface area contributed by atoms with Gasteiger partial charge in [-0.15, -0.1) is 0 Å². The molecule has 0 aliphatic carbocycles. The normalized spacial score (nSPS) is 18.3. The van der Waals surface area contributed by atoms with Crippen LogP contribution >= 0.6 is 0 Å². The van der Waals surface area contributed by atoms with Crippen LogP contribution in [0.3, 0.4) is 0 Å². The molecule has 0 saturated heterocycles. The third-order valence-corrected chi connectivity index (χ3v) is 6.57. The van der Waals surface area contributed by atoms with Gasteiger partial charge < -0.3 is 29.9 Å². The first kappa shape index (κ1) is 20.6. The number of anilines is 1. The number of benzene rings is 2. The minimum absolute atomic E-state index is 0.0204. The molecule has 0 bridgehead atoms. The van der Waals surface area contributed by atoms with Crippen molar-refractivity contribution in [2.45, 2.75) is 12.3 Å². The summed E-state index contributed by atoms with van der Waals surface area (Å²) >= 11 is 0. The van der Waals surface area contributed by atoms with Gasteiger partial charge in [-0.3, -0.25) is 9.59 Å². The summed E-state index contributed by atoms with van der Waals surface area (Å²) in [5.74, 6) is -0.732. The number of methoxy groups -OCH3 is 1. The van der Waals surface area contributed by atoms with E-state index in [1.807, 2.05) is 6.07 Å². The Kier molecular flexibility index (Phi) is 3.96. The summed E-state index contributed by atoms with van der Waals surface area (Å²) in [6.45, 7) is 1.71. The van der Waals surface area contributed by atoms with Crippen LogP contribution in [0.2, 0.25) is 0 Å². The molecular weight excluding hydrogens is 452 g/mol. The van der Waals surface area contributed by atoms with Crippen molar-refractivity contribution in [3.8, 4) is 17.6 Å². The van der Waals surface area contributed by atoms with Crippen molar-refractivity contribution >= 4 is 33.5 Å². The van der Waals surface area contributed by atoms with Gasteiger partial charge in [0.2, 0.25) is 11.8 Å². The molecule has 2 aromatic carbocycles. The zero-order valence-electron chi connectivity index (χ0n) is 18.4. The minimum atomic E-state index is -1.84. The van der Waals surface area contributed by atoms with Gasteiger partial charge in [-0.1, -0.05) is 18.2 Å². The molecule has 1 spiro atoms.